The van der Waals surface area contributed by atoms with Gasteiger partial charge in [-0.2, -0.15) is 0 Å². The van der Waals surface area contributed by atoms with Crippen molar-refractivity contribution >= 4 is 26.0 Å². The summed E-state index contributed by atoms with van der Waals surface area (Å²) in [5, 5.41) is 0. The minimum absolute atomic E-state index is 0.601. The van der Waals surface area contributed by atoms with Gasteiger partial charge in [-0.3, -0.25) is 0 Å². The molecule has 0 spiro atoms. The summed E-state index contributed by atoms with van der Waals surface area (Å²) in [5.74, 6) is 0.601. The highest BCUT2D eigenvalue weighted by Gasteiger charge is 2.24. The van der Waals surface area contributed by atoms with Gasteiger partial charge >= 0.3 is 0 Å². The van der Waals surface area contributed by atoms with E-state index in [1.807, 2.05) is 0 Å². The van der Waals surface area contributed by atoms with E-state index < -0.39 is 10.0 Å². The quantitative estimate of drug-likeness (QED) is 0.853. The molecule has 3 nitrogen and oxygen atoms in total. The third-order valence-corrected chi connectivity index (χ3v) is 5.31. The van der Waals surface area contributed by atoms with Crippen LogP contribution in [-0.2, 0) is 16.4 Å². The summed E-state index contributed by atoms with van der Waals surface area (Å²) < 4.78 is 25.5. The highest BCUT2D eigenvalue weighted by molar-refractivity contribution is 9.10. The number of hydrogen-bond acceptors (Lipinski definition) is 2. The molecule has 2 rings (SSSR count). The Morgan fingerprint density at radius 3 is 2.28 bits per heavy atom. The maximum Gasteiger partial charge on any atom is 0.211 e. The first-order valence-electron chi connectivity index (χ1n) is 6.15. The van der Waals surface area contributed by atoms with Gasteiger partial charge in [0.2, 0.25) is 10.0 Å². The summed E-state index contributed by atoms with van der Waals surface area (Å²) in [7, 11) is -3.00. The Hall–Kier alpha value is -0.390. The number of nitrogens with zero attached hydrogens (tertiary/aromatic N) is 1. The van der Waals surface area contributed by atoms with Gasteiger partial charge in [-0.25, -0.2) is 12.7 Å². The number of halogens is 1. The van der Waals surface area contributed by atoms with Crippen molar-refractivity contribution in [2.45, 2.75) is 19.3 Å². The molecule has 0 saturated carbocycles. The molecule has 1 aliphatic rings. The molecular formula is C13H18BrNO2S. The first-order chi connectivity index (χ1) is 8.45. The minimum Gasteiger partial charge on any atom is -0.213 e. The molecule has 100 valence electrons. The first kappa shape index (κ1) is 14.0. The Morgan fingerprint density at radius 1 is 1.22 bits per heavy atom. The summed E-state index contributed by atoms with van der Waals surface area (Å²) in [5.41, 5.74) is 1.33. The molecule has 1 aromatic rings. The van der Waals surface area contributed by atoms with Crippen molar-refractivity contribution in [2.75, 3.05) is 19.3 Å². The second kappa shape index (κ2) is 5.72. The Morgan fingerprint density at radius 2 is 1.78 bits per heavy atom. The molecule has 0 aliphatic carbocycles. The van der Waals surface area contributed by atoms with Gasteiger partial charge in [-0.1, -0.05) is 28.1 Å². The van der Waals surface area contributed by atoms with Crippen LogP contribution in [0.4, 0.5) is 0 Å². The Labute approximate surface area is 117 Å². The molecule has 1 heterocycles. The van der Waals surface area contributed by atoms with E-state index >= 15 is 0 Å². The Balaban J connectivity index is 1.89. The van der Waals surface area contributed by atoms with Gasteiger partial charge in [0, 0.05) is 17.6 Å². The number of sulfonamides is 1. The molecule has 1 aromatic carbocycles. The van der Waals surface area contributed by atoms with Crippen LogP contribution in [0.25, 0.3) is 0 Å². The van der Waals surface area contributed by atoms with Crippen LogP contribution in [0.1, 0.15) is 18.4 Å². The summed E-state index contributed by atoms with van der Waals surface area (Å²) in [6, 6.07) is 8.38. The monoisotopic (exact) mass is 331 g/mol. The number of piperidine rings is 1. The zero-order valence-corrected chi connectivity index (χ0v) is 12.9. The topological polar surface area (TPSA) is 37.4 Å². The number of benzene rings is 1. The van der Waals surface area contributed by atoms with Crippen LogP contribution in [0.15, 0.2) is 28.7 Å². The minimum atomic E-state index is -3.00. The van der Waals surface area contributed by atoms with E-state index in [9.17, 15) is 8.42 Å². The van der Waals surface area contributed by atoms with Crippen molar-refractivity contribution in [3.8, 4) is 0 Å². The van der Waals surface area contributed by atoms with Gasteiger partial charge in [0.15, 0.2) is 0 Å². The van der Waals surface area contributed by atoms with Gasteiger partial charge < -0.3 is 0 Å². The van der Waals surface area contributed by atoms with Crippen molar-refractivity contribution in [2.24, 2.45) is 5.92 Å². The summed E-state index contributed by atoms with van der Waals surface area (Å²) in [4.78, 5) is 0. The molecule has 0 unspecified atom stereocenters. The third-order valence-electron chi connectivity index (χ3n) is 3.48. The highest BCUT2D eigenvalue weighted by atomic mass is 79.9. The Kier molecular flexibility index (Phi) is 4.45. The van der Waals surface area contributed by atoms with Crippen LogP contribution < -0.4 is 0 Å². The lowest BCUT2D eigenvalue weighted by atomic mass is 9.91. The largest absolute Gasteiger partial charge is 0.213 e. The fraction of sp³-hybridized carbons (Fsp3) is 0.538. The van der Waals surface area contributed by atoms with Crippen LogP contribution >= 0.6 is 15.9 Å². The molecule has 0 N–H and O–H groups in total. The van der Waals surface area contributed by atoms with E-state index in [0.29, 0.717) is 19.0 Å². The molecule has 1 saturated heterocycles. The number of rotatable bonds is 3. The molecule has 0 bridgehead atoms. The Bertz CT molecular complexity index is 490. The molecule has 1 aliphatic heterocycles. The van der Waals surface area contributed by atoms with Crippen LogP contribution in [0, 0.1) is 5.92 Å². The van der Waals surface area contributed by atoms with Crippen molar-refractivity contribution in [3.05, 3.63) is 34.3 Å². The van der Waals surface area contributed by atoms with E-state index in [1.54, 1.807) is 4.31 Å². The van der Waals surface area contributed by atoms with Gasteiger partial charge in [-0.05, 0) is 42.9 Å². The van der Waals surface area contributed by atoms with Crippen molar-refractivity contribution in [3.63, 3.8) is 0 Å². The highest BCUT2D eigenvalue weighted by Crippen LogP contribution is 2.23. The lowest BCUT2D eigenvalue weighted by Crippen LogP contribution is -2.38. The fourth-order valence-corrected chi connectivity index (χ4v) is 3.54. The normalized spacial score (nSPS) is 19.0. The molecule has 0 radical (unpaired) electrons. The second-order valence-electron chi connectivity index (χ2n) is 4.94. The molecule has 5 heteroatoms. The number of hydrogen-bond donors (Lipinski definition) is 0. The fourth-order valence-electron chi connectivity index (χ4n) is 2.40. The van der Waals surface area contributed by atoms with Gasteiger partial charge in [0.05, 0.1) is 6.26 Å². The van der Waals surface area contributed by atoms with Crippen LogP contribution in [0.3, 0.4) is 0 Å². The van der Waals surface area contributed by atoms with E-state index in [2.05, 4.69) is 40.2 Å². The molecule has 0 atom stereocenters. The van der Waals surface area contributed by atoms with E-state index in [0.717, 1.165) is 23.7 Å². The SMILES string of the molecule is CS(=O)(=O)N1CCC(Cc2ccc(Br)cc2)CC1. The summed E-state index contributed by atoms with van der Waals surface area (Å²) in [6.07, 6.45) is 4.26. The maximum absolute atomic E-state index is 11.4. The molecule has 0 aromatic heterocycles. The predicted molar refractivity (Wildman–Crippen MR) is 77.0 cm³/mol. The second-order valence-corrected chi connectivity index (χ2v) is 7.83. The molecule has 18 heavy (non-hydrogen) atoms. The molecular weight excluding hydrogens is 314 g/mol. The average Bonchev–Trinajstić information content (AvgIpc) is 2.32. The molecule has 1 fully saturated rings. The lowest BCUT2D eigenvalue weighted by Gasteiger charge is -2.30. The van der Waals surface area contributed by atoms with Crippen LogP contribution in [0.5, 0.6) is 0 Å². The van der Waals surface area contributed by atoms with Gasteiger partial charge in [0.25, 0.3) is 0 Å². The standard InChI is InChI=1S/C13H18BrNO2S/c1-18(16,17)15-8-6-12(7-9-15)10-11-2-4-13(14)5-3-11/h2-5,12H,6-10H2,1H3. The van der Waals surface area contributed by atoms with Crippen molar-refractivity contribution in [1.29, 1.82) is 0 Å². The van der Waals surface area contributed by atoms with Crippen LogP contribution in [0.2, 0.25) is 0 Å². The van der Waals surface area contributed by atoms with Crippen LogP contribution in [-0.4, -0.2) is 32.1 Å². The zero-order valence-electron chi connectivity index (χ0n) is 10.5. The van der Waals surface area contributed by atoms with Gasteiger partial charge in [0.1, 0.15) is 0 Å². The third kappa shape index (κ3) is 3.80. The maximum atomic E-state index is 11.4. The lowest BCUT2D eigenvalue weighted by molar-refractivity contribution is 0.274. The predicted octanol–water partition coefficient (Wildman–Crippen LogP) is 2.66. The average molecular weight is 332 g/mol. The molecule has 0 amide bonds. The van der Waals surface area contributed by atoms with E-state index in [4.69, 9.17) is 0 Å². The first-order valence-corrected chi connectivity index (χ1v) is 8.79. The van der Waals surface area contributed by atoms with Crippen molar-refractivity contribution in [1.82, 2.24) is 4.31 Å². The zero-order chi connectivity index (χ0) is 13.2. The van der Waals surface area contributed by atoms with E-state index in [1.165, 1.54) is 11.8 Å². The van der Waals surface area contributed by atoms with Gasteiger partial charge in [-0.15, -0.1) is 0 Å². The smallest absolute Gasteiger partial charge is 0.211 e. The summed E-state index contributed by atoms with van der Waals surface area (Å²) in [6.45, 7) is 1.33. The summed E-state index contributed by atoms with van der Waals surface area (Å²) >= 11 is 3.43. The van der Waals surface area contributed by atoms with E-state index in [-0.39, 0.29) is 0 Å². The van der Waals surface area contributed by atoms with Crippen molar-refractivity contribution < 1.29 is 8.42 Å².